The number of fused-ring (bicyclic) bond motifs is 1. The molecule has 3 aromatic rings. The van der Waals surface area contributed by atoms with Crippen LogP contribution in [0.2, 0.25) is 0 Å². The topological polar surface area (TPSA) is 66.0 Å². The van der Waals surface area contributed by atoms with E-state index < -0.39 is 10.7 Å². The third-order valence-electron chi connectivity index (χ3n) is 4.81. The Hall–Kier alpha value is -2.27. The van der Waals surface area contributed by atoms with Gasteiger partial charge in [-0.3, -0.25) is 9.78 Å². The first kappa shape index (κ1) is 19.5. The molecule has 0 amide bonds. The van der Waals surface area contributed by atoms with Crippen LogP contribution >= 0.6 is 11.8 Å². The van der Waals surface area contributed by atoms with Crippen LogP contribution in [-0.4, -0.2) is 25.8 Å². The zero-order valence-corrected chi connectivity index (χ0v) is 17.5. The van der Waals surface area contributed by atoms with E-state index in [0.29, 0.717) is 0 Å². The van der Waals surface area contributed by atoms with Gasteiger partial charge in [-0.15, -0.1) is 11.8 Å². The van der Waals surface area contributed by atoms with Gasteiger partial charge in [0.15, 0.2) is 0 Å². The van der Waals surface area contributed by atoms with Crippen LogP contribution in [0, 0.1) is 6.92 Å². The monoisotopic (exact) mass is 382 g/mol. The molecular formula is C22H26N2O2S. The standard InChI is InChI=1S/C22H26N2O2S/c1-13-15-12-18(17-11-14(9-10-23-17)21(2,3)4)24-16(15)7-8-19(13)27-22(5,6)20(25)26/h7-12,24H,1-6H3,(H,25,26). The Kier molecular flexibility index (Phi) is 4.85. The molecule has 0 spiro atoms. The molecule has 0 bridgehead atoms. The molecule has 0 atom stereocenters. The number of carboxylic acids is 1. The number of H-pyrrole nitrogens is 1. The Bertz CT molecular complexity index is 1010. The van der Waals surface area contributed by atoms with Gasteiger partial charge in [0.2, 0.25) is 0 Å². The van der Waals surface area contributed by atoms with Crippen molar-refractivity contribution in [1.29, 1.82) is 0 Å². The maximum Gasteiger partial charge on any atom is 0.319 e. The SMILES string of the molecule is Cc1c(SC(C)(C)C(=O)O)ccc2[nH]c(-c3cc(C(C)(C)C)ccn3)cc12. The zero-order valence-electron chi connectivity index (χ0n) is 16.7. The van der Waals surface area contributed by atoms with Crippen LogP contribution in [0.1, 0.15) is 45.7 Å². The Labute approximate surface area is 164 Å². The van der Waals surface area contributed by atoms with Gasteiger partial charge < -0.3 is 10.1 Å². The van der Waals surface area contributed by atoms with Crippen molar-refractivity contribution in [3.05, 3.63) is 47.7 Å². The van der Waals surface area contributed by atoms with E-state index in [0.717, 1.165) is 32.7 Å². The number of carbonyl (C=O) groups is 1. The van der Waals surface area contributed by atoms with Crippen molar-refractivity contribution in [2.75, 3.05) is 0 Å². The molecule has 0 aliphatic heterocycles. The lowest BCUT2D eigenvalue weighted by molar-refractivity contribution is -0.138. The summed E-state index contributed by atoms with van der Waals surface area (Å²) in [6, 6.07) is 10.3. The van der Waals surface area contributed by atoms with E-state index >= 15 is 0 Å². The molecule has 0 saturated heterocycles. The number of rotatable bonds is 4. The van der Waals surface area contributed by atoms with Gasteiger partial charge in [-0.25, -0.2) is 0 Å². The smallest absolute Gasteiger partial charge is 0.319 e. The van der Waals surface area contributed by atoms with Gasteiger partial charge in [-0.2, -0.15) is 0 Å². The number of nitrogens with one attached hydrogen (secondary N) is 1. The fourth-order valence-electron chi connectivity index (χ4n) is 2.94. The average Bonchev–Trinajstić information content (AvgIpc) is 3.02. The highest BCUT2D eigenvalue weighted by Gasteiger charge is 2.29. The summed E-state index contributed by atoms with van der Waals surface area (Å²) in [5.41, 5.74) is 5.30. The van der Waals surface area contributed by atoms with E-state index in [9.17, 15) is 9.90 Å². The van der Waals surface area contributed by atoms with Gasteiger partial charge in [0, 0.05) is 22.0 Å². The largest absolute Gasteiger partial charge is 0.480 e. The van der Waals surface area contributed by atoms with Crippen molar-refractivity contribution in [3.63, 3.8) is 0 Å². The molecule has 2 aromatic heterocycles. The van der Waals surface area contributed by atoms with E-state index in [-0.39, 0.29) is 5.41 Å². The van der Waals surface area contributed by atoms with E-state index in [4.69, 9.17) is 0 Å². The Morgan fingerprint density at radius 3 is 2.44 bits per heavy atom. The second-order valence-corrected chi connectivity index (χ2v) is 10.1. The number of hydrogen-bond acceptors (Lipinski definition) is 3. The maximum atomic E-state index is 11.5. The first-order valence-electron chi connectivity index (χ1n) is 9.01. The first-order chi connectivity index (χ1) is 12.5. The fraction of sp³-hybridized carbons (Fsp3) is 0.364. The molecule has 2 N–H and O–H groups in total. The molecule has 0 unspecified atom stereocenters. The third-order valence-corrected chi connectivity index (χ3v) is 6.15. The van der Waals surface area contributed by atoms with Crippen LogP contribution < -0.4 is 0 Å². The number of carboxylic acid groups (broad SMARTS) is 1. The van der Waals surface area contributed by atoms with Crippen molar-refractivity contribution < 1.29 is 9.90 Å². The summed E-state index contributed by atoms with van der Waals surface area (Å²) >= 11 is 1.38. The number of aromatic nitrogens is 2. The summed E-state index contributed by atoms with van der Waals surface area (Å²) in [7, 11) is 0. The van der Waals surface area contributed by atoms with Gasteiger partial charge in [0.1, 0.15) is 4.75 Å². The molecule has 2 heterocycles. The zero-order chi connectivity index (χ0) is 20.0. The minimum atomic E-state index is -0.875. The Morgan fingerprint density at radius 1 is 1.11 bits per heavy atom. The van der Waals surface area contributed by atoms with E-state index in [1.165, 1.54) is 17.3 Å². The second kappa shape index (κ2) is 6.71. The molecule has 27 heavy (non-hydrogen) atoms. The summed E-state index contributed by atoms with van der Waals surface area (Å²) in [6.45, 7) is 12.1. The molecule has 0 radical (unpaired) electrons. The number of nitrogens with zero attached hydrogens (tertiary/aromatic N) is 1. The molecule has 142 valence electrons. The lowest BCUT2D eigenvalue weighted by Crippen LogP contribution is -2.27. The van der Waals surface area contributed by atoms with Crippen molar-refractivity contribution in [1.82, 2.24) is 9.97 Å². The van der Waals surface area contributed by atoms with Crippen LogP contribution in [0.5, 0.6) is 0 Å². The van der Waals surface area contributed by atoms with Crippen LogP contribution in [0.25, 0.3) is 22.3 Å². The molecule has 0 aliphatic rings. The summed E-state index contributed by atoms with van der Waals surface area (Å²) in [6.07, 6.45) is 1.85. The van der Waals surface area contributed by atoms with Crippen LogP contribution in [0.3, 0.4) is 0 Å². The minimum absolute atomic E-state index is 0.0614. The molecule has 0 fully saturated rings. The molecule has 0 saturated carbocycles. The fourth-order valence-corrected chi connectivity index (χ4v) is 3.98. The normalized spacial score (nSPS) is 12.5. The number of benzene rings is 1. The third kappa shape index (κ3) is 3.88. The molecule has 3 rings (SSSR count). The number of thioether (sulfide) groups is 1. The lowest BCUT2D eigenvalue weighted by atomic mass is 9.87. The molecule has 4 nitrogen and oxygen atoms in total. The number of pyridine rings is 1. The van der Waals surface area contributed by atoms with Crippen LogP contribution in [-0.2, 0) is 10.2 Å². The van der Waals surface area contributed by atoms with Gasteiger partial charge in [-0.05, 0) is 67.6 Å². The molecule has 1 aromatic carbocycles. The van der Waals surface area contributed by atoms with E-state index in [1.54, 1.807) is 13.8 Å². The van der Waals surface area contributed by atoms with E-state index in [2.05, 4.69) is 48.9 Å². The van der Waals surface area contributed by atoms with Crippen molar-refractivity contribution in [3.8, 4) is 11.4 Å². The van der Waals surface area contributed by atoms with Gasteiger partial charge in [0.05, 0.1) is 11.4 Å². The van der Waals surface area contributed by atoms with Gasteiger partial charge in [0.25, 0.3) is 0 Å². The Balaban J connectivity index is 2.04. The lowest BCUT2D eigenvalue weighted by Gasteiger charge is -2.19. The van der Waals surface area contributed by atoms with E-state index in [1.807, 2.05) is 25.3 Å². The number of hydrogen-bond donors (Lipinski definition) is 2. The number of aliphatic carboxylic acids is 1. The average molecular weight is 383 g/mol. The predicted molar refractivity (Wildman–Crippen MR) is 113 cm³/mol. The molecule has 5 heteroatoms. The minimum Gasteiger partial charge on any atom is -0.480 e. The maximum absolute atomic E-state index is 11.5. The van der Waals surface area contributed by atoms with Crippen molar-refractivity contribution >= 4 is 28.6 Å². The van der Waals surface area contributed by atoms with Crippen LogP contribution in [0.15, 0.2) is 41.4 Å². The predicted octanol–water partition coefficient (Wildman–Crippen LogP) is 5.79. The highest BCUT2D eigenvalue weighted by atomic mass is 32.2. The van der Waals surface area contributed by atoms with Gasteiger partial charge >= 0.3 is 5.97 Å². The summed E-state index contributed by atoms with van der Waals surface area (Å²) in [5, 5.41) is 10.5. The Morgan fingerprint density at radius 2 is 1.81 bits per heavy atom. The summed E-state index contributed by atoms with van der Waals surface area (Å²) in [5.74, 6) is -0.815. The van der Waals surface area contributed by atoms with Crippen LogP contribution in [0.4, 0.5) is 0 Å². The molecule has 0 aliphatic carbocycles. The molecular weight excluding hydrogens is 356 g/mol. The van der Waals surface area contributed by atoms with Crippen molar-refractivity contribution in [2.45, 2.75) is 56.6 Å². The quantitative estimate of drug-likeness (QED) is 0.560. The highest BCUT2D eigenvalue weighted by molar-refractivity contribution is 8.01. The van der Waals surface area contributed by atoms with Crippen molar-refractivity contribution in [2.24, 2.45) is 0 Å². The second-order valence-electron chi connectivity index (χ2n) is 8.43. The number of aryl methyl sites for hydroxylation is 1. The summed E-state index contributed by atoms with van der Waals surface area (Å²) in [4.78, 5) is 20.4. The highest BCUT2D eigenvalue weighted by Crippen LogP contribution is 2.38. The van der Waals surface area contributed by atoms with Gasteiger partial charge in [-0.1, -0.05) is 20.8 Å². The summed E-state index contributed by atoms with van der Waals surface area (Å²) < 4.78 is -0.875. The number of aromatic amines is 1. The first-order valence-corrected chi connectivity index (χ1v) is 9.82.